The van der Waals surface area contributed by atoms with Crippen molar-refractivity contribution in [3.63, 3.8) is 0 Å². The van der Waals surface area contributed by atoms with Crippen molar-refractivity contribution in [1.29, 1.82) is 0 Å². The highest BCUT2D eigenvalue weighted by atomic mass is 35.5. The van der Waals surface area contributed by atoms with Crippen LogP contribution in [0.1, 0.15) is 69.5 Å². The molecule has 0 unspecified atom stereocenters. The first-order valence-corrected chi connectivity index (χ1v) is 11.0. The second kappa shape index (κ2) is 8.01. The number of halogens is 2. The summed E-state index contributed by atoms with van der Waals surface area (Å²) in [6.45, 7) is 5.44. The Kier molecular flexibility index (Phi) is 5.66. The summed E-state index contributed by atoms with van der Waals surface area (Å²) in [6, 6.07) is 4.13. The van der Waals surface area contributed by atoms with Gasteiger partial charge in [-0.2, -0.15) is 0 Å². The molecule has 0 saturated heterocycles. The Hall–Kier alpha value is -1.25. The van der Waals surface area contributed by atoms with Gasteiger partial charge in [0.05, 0.1) is 15.6 Å². The SMILES string of the molecule is CCCCCCNc1cc(Cl)c2nc3c(c(Cl)c2c1)[C@@H]1CC(C)=C[C@H](C3)C1. The molecule has 144 valence electrons. The molecule has 27 heavy (non-hydrogen) atoms. The molecular formula is C23H28Cl2N2. The molecule has 4 heteroatoms. The molecule has 2 atom stereocenters. The van der Waals surface area contributed by atoms with Crippen LogP contribution in [0.3, 0.4) is 0 Å². The van der Waals surface area contributed by atoms with Crippen LogP contribution in [-0.2, 0) is 6.42 Å². The molecule has 2 aliphatic carbocycles. The average Bonchev–Trinajstić information content (AvgIpc) is 2.62. The van der Waals surface area contributed by atoms with Gasteiger partial charge in [-0.3, -0.25) is 4.98 Å². The molecule has 2 bridgehead atoms. The number of nitrogens with zero attached hydrogens (tertiary/aromatic N) is 1. The van der Waals surface area contributed by atoms with Crippen LogP contribution in [0.4, 0.5) is 5.69 Å². The predicted octanol–water partition coefficient (Wildman–Crippen LogP) is 7.53. The molecule has 0 saturated carbocycles. The Morgan fingerprint density at radius 2 is 2.00 bits per heavy atom. The van der Waals surface area contributed by atoms with Crippen LogP contribution < -0.4 is 5.32 Å². The molecule has 2 aliphatic rings. The first-order valence-electron chi connectivity index (χ1n) is 10.3. The van der Waals surface area contributed by atoms with Crippen LogP contribution in [0.25, 0.3) is 10.9 Å². The van der Waals surface area contributed by atoms with Gasteiger partial charge in [0.15, 0.2) is 0 Å². The number of fused-ring (bicyclic) bond motifs is 5. The number of hydrogen-bond acceptors (Lipinski definition) is 2. The Bertz CT molecular complexity index is 888. The fraction of sp³-hybridized carbons (Fsp3) is 0.522. The molecule has 1 heterocycles. The normalized spacial score (nSPS) is 21.1. The van der Waals surface area contributed by atoms with Crippen LogP contribution in [0.2, 0.25) is 10.0 Å². The van der Waals surface area contributed by atoms with Crippen molar-refractivity contribution in [2.75, 3.05) is 11.9 Å². The van der Waals surface area contributed by atoms with Crippen LogP contribution >= 0.6 is 23.2 Å². The van der Waals surface area contributed by atoms with Gasteiger partial charge in [0.2, 0.25) is 0 Å². The zero-order valence-corrected chi connectivity index (χ0v) is 17.8. The predicted molar refractivity (Wildman–Crippen MR) is 117 cm³/mol. The van der Waals surface area contributed by atoms with Crippen molar-refractivity contribution >= 4 is 39.8 Å². The molecule has 2 aromatic rings. The van der Waals surface area contributed by atoms with Gasteiger partial charge < -0.3 is 5.32 Å². The zero-order valence-electron chi connectivity index (χ0n) is 16.2. The quantitative estimate of drug-likeness (QED) is 0.398. The van der Waals surface area contributed by atoms with Gasteiger partial charge in [-0.05, 0) is 62.1 Å². The van der Waals surface area contributed by atoms with Crippen molar-refractivity contribution in [3.8, 4) is 0 Å². The smallest absolute Gasteiger partial charge is 0.0908 e. The molecule has 0 aliphatic heterocycles. The van der Waals surface area contributed by atoms with Crippen LogP contribution in [0.15, 0.2) is 23.8 Å². The maximum atomic E-state index is 6.95. The van der Waals surface area contributed by atoms with E-state index < -0.39 is 0 Å². The highest BCUT2D eigenvalue weighted by Crippen LogP contribution is 2.47. The first-order chi connectivity index (χ1) is 13.1. The van der Waals surface area contributed by atoms with Gasteiger partial charge in [0.1, 0.15) is 0 Å². The van der Waals surface area contributed by atoms with Crippen LogP contribution in [-0.4, -0.2) is 11.5 Å². The van der Waals surface area contributed by atoms with E-state index in [0.29, 0.717) is 16.9 Å². The Labute approximate surface area is 172 Å². The summed E-state index contributed by atoms with van der Waals surface area (Å²) in [7, 11) is 0. The third kappa shape index (κ3) is 3.84. The van der Waals surface area contributed by atoms with E-state index in [9.17, 15) is 0 Å². The van der Waals surface area contributed by atoms with Crippen molar-refractivity contribution in [3.05, 3.63) is 45.1 Å². The lowest BCUT2D eigenvalue weighted by Crippen LogP contribution is -2.23. The lowest BCUT2D eigenvalue weighted by molar-refractivity contribution is 0.432. The number of nitrogens with one attached hydrogen (secondary N) is 1. The second-order valence-corrected chi connectivity index (χ2v) is 9.03. The summed E-state index contributed by atoms with van der Waals surface area (Å²) in [4.78, 5) is 4.97. The van der Waals surface area contributed by atoms with Gasteiger partial charge >= 0.3 is 0 Å². The number of anilines is 1. The molecule has 4 rings (SSSR count). The van der Waals surface area contributed by atoms with Gasteiger partial charge in [-0.15, -0.1) is 0 Å². The average molecular weight is 403 g/mol. The van der Waals surface area contributed by atoms with Crippen molar-refractivity contribution in [2.45, 2.75) is 64.7 Å². The van der Waals surface area contributed by atoms with E-state index in [1.54, 1.807) is 0 Å². The molecule has 0 spiro atoms. The van der Waals surface area contributed by atoms with E-state index in [2.05, 4.69) is 31.3 Å². The zero-order chi connectivity index (χ0) is 19.0. The molecule has 1 N–H and O–H groups in total. The lowest BCUT2D eigenvalue weighted by Gasteiger charge is -2.35. The first kappa shape index (κ1) is 19.1. The third-order valence-corrected chi connectivity index (χ3v) is 6.69. The number of hydrogen-bond donors (Lipinski definition) is 1. The third-order valence-electron chi connectivity index (χ3n) is 5.99. The summed E-state index contributed by atoms with van der Waals surface area (Å²) in [5.74, 6) is 1.10. The highest BCUT2D eigenvalue weighted by Gasteiger charge is 2.33. The minimum atomic E-state index is 0.498. The van der Waals surface area contributed by atoms with Gasteiger partial charge in [-0.25, -0.2) is 0 Å². The molecule has 0 fully saturated rings. The van der Waals surface area contributed by atoms with Gasteiger partial charge in [0.25, 0.3) is 0 Å². The fourth-order valence-electron chi connectivity index (χ4n) is 4.79. The monoisotopic (exact) mass is 402 g/mol. The Morgan fingerprint density at radius 1 is 1.15 bits per heavy atom. The summed E-state index contributed by atoms with van der Waals surface area (Å²) in [5.41, 5.74) is 5.79. The van der Waals surface area contributed by atoms with E-state index in [0.717, 1.165) is 46.7 Å². The molecule has 1 aromatic carbocycles. The molecular weight excluding hydrogens is 375 g/mol. The number of benzene rings is 1. The van der Waals surface area contributed by atoms with E-state index in [4.69, 9.17) is 28.2 Å². The number of rotatable bonds is 6. The molecule has 0 amide bonds. The highest BCUT2D eigenvalue weighted by molar-refractivity contribution is 6.40. The van der Waals surface area contributed by atoms with Crippen molar-refractivity contribution in [1.82, 2.24) is 4.98 Å². The minimum absolute atomic E-state index is 0.498. The van der Waals surface area contributed by atoms with Crippen molar-refractivity contribution in [2.24, 2.45) is 5.92 Å². The summed E-state index contributed by atoms with van der Waals surface area (Å²) >= 11 is 13.6. The fourth-order valence-corrected chi connectivity index (χ4v) is 5.46. The maximum absolute atomic E-state index is 6.95. The second-order valence-electron chi connectivity index (χ2n) is 8.24. The summed E-state index contributed by atoms with van der Waals surface area (Å²) in [5, 5.41) is 6.06. The molecule has 0 radical (unpaired) electrons. The summed E-state index contributed by atoms with van der Waals surface area (Å²) in [6.07, 6.45) is 10.7. The van der Waals surface area contributed by atoms with Gasteiger partial charge in [0, 0.05) is 23.3 Å². The number of allylic oxidation sites excluding steroid dienone is 2. The molecule has 1 aromatic heterocycles. The lowest BCUT2D eigenvalue weighted by atomic mass is 9.72. The topological polar surface area (TPSA) is 24.9 Å². The van der Waals surface area contributed by atoms with Crippen LogP contribution in [0, 0.1) is 5.92 Å². The van der Waals surface area contributed by atoms with E-state index >= 15 is 0 Å². The number of unbranched alkanes of at least 4 members (excludes halogenated alkanes) is 3. The van der Waals surface area contributed by atoms with E-state index in [1.165, 1.54) is 43.2 Å². The van der Waals surface area contributed by atoms with E-state index in [1.807, 2.05) is 6.07 Å². The number of pyridine rings is 1. The largest absolute Gasteiger partial charge is 0.385 e. The number of aromatic nitrogens is 1. The maximum Gasteiger partial charge on any atom is 0.0908 e. The Balaban J connectivity index is 1.67. The Morgan fingerprint density at radius 3 is 2.81 bits per heavy atom. The minimum Gasteiger partial charge on any atom is -0.385 e. The molecule has 2 nitrogen and oxygen atoms in total. The van der Waals surface area contributed by atoms with Crippen LogP contribution in [0.5, 0.6) is 0 Å². The van der Waals surface area contributed by atoms with E-state index in [-0.39, 0.29) is 0 Å². The van der Waals surface area contributed by atoms with Gasteiger partial charge in [-0.1, -0.05) is 61.0 Å². The standard InChI is InChI=1S/C23H28Cl2N2/c1-3-4-5-6-7-26-17-12-18-22(25)21-16-9-14(2)8-15(10-16)11-20(21)27-23(18)19(24)13-17/h8,12-13,15-16,26H,3-7,9-11H2,1-2H3/t15-,16+/m0/s1. The summed E-state index contributed by atoms with van der Waals surface area (Å²) < 4.78 is 0. The van der Waals surface area contributed by atoms with Crippen molar-refractivity contribution < 1.29 is 0 Å².